The molecule has 0 aliphatic rings. The highest BCUT2D eigenvalue weighted by molar-refractivity contribution is 5.95. The van der Waals surface area contributed by atoms with Crippen LogP contribution in [0.2, 0.25) is 0 Å². The zero-order valence-corrected chi connectivity index (χ0v) is 11.6. The van der Waals surface area contributed by atoms with Crippen LogP contribution in [0, 0.1) is 0 Å². The smallest absolute Gasteiger partial charge is 0.251 e. The third kappa shape index (κ3) is 3.54. The number of hydrogen-bond donors (Lipinski definition) is 2. The van der Waals surface area contributed by atoms with Crippen LogP contribution in [0.4, 0.5) is 5.82 Å². The van der Waals surface area contributed by atoms with Gasteiger partial charge in [0.25, 0.3) is 5.91 Å². The minimum absolute atomic E-state index is 0.0908. The Bertz CT molecular complexity index is 571. The fourth-order valence-electron chi connectivity index (χ4n) is 1.84. The molecule has 1 amide bonds. The Morgan fingerprint density at radius 2 is 2.20 bits per heavy atom. The summed E-state index contributed by atoms with van der Waals surface area (Å²) >= 11 is 0. The first kappa shape index (κ1) is 14.0. The van der Waals surface area contributed by atoms with Crippen molar-refractivity contribution in [3.8, 4) is 0 Å². The summed E-state index contributed by atoms with van der Waals surface area (Å²) in [6, 6.07) is 7.15. The monoisotopic (exact) mass is 270 g/mol. The van der Waals surface area contributed by atoms with Gasteiger partial charge in [-0.3, -0.25) is 9.78 Å². The van der Waals surface area contributed by atoms with E-state index in [2.05, 4.69) is 20.6 Å². The Kier molecular flexibility index (Phi) is 4.65. The van der Waals surface area contributed by atoms with Crippen molar-refractivity contribution in [3.63, 3.8) is 0 Å². The summed E-state index contributed by atoms with van der Waals surface area (Å²) in [5.74, 6) is 0.581. The molecule has 0 radical (unpaired) electrons. The maximum absolute atomic E-state index is 12.2. The van der Waals surface area contributed by atoms with E-state index in [4.69, 9.17) is 0 Å². The number of carbonyl (C=O) groups excluding carboxylic acids is 1. The van der Waals surface area contributed by atoms with Crippen LogP contribution in [0.1, 0.15) is 35.8 Å². The maximum Gasteiger partial charge on any atom is 0.251 e. The lowest BCUT2D eigenvalue weighted by atomic mass is 10.1. The molecule has 0 fully saturated rings. The van der Waals surface area contributed by atoms with E-state index in [9.17, 15) is 4.79 Å². The summed E-state index contributed by atoms with van der Waals surface area (Å²) in [4.78, 5) is 20.4. The minimum Gasteiger partial charge on any atom is -0.370 e. The van der Waals surface area contributed by atoms with Crippen LogP contribution >= 0.6 is 0 Å². The van der Waals surface area contributed by atoms with E-state index in [0.29, 0.717) is 11.4 Å². The summed E-state index contributed by atoms with van der Waals surface area (Å²) in [6.07, 6.45) is 5.09. The lowest BCUT2D eigenvalue weighted by Crippen LogP contribution is -2.26. The van der Waals surface area contributed by atoms with Crippen LogP contribution in [-0.2, 0) is 0 Å². The van der Waals surface area contributed by atoms with Crippen LogP contribution in [0.5, 0.6) is 0 Å². The van der Waals surface area contributed by atoms with Gasteiger partial charge in [-0.05, 0) is 37.6 Å². The van der Waals surface area contributed by atoms with E-state index in [1.165, 1.54) is 0 Å². The summed E-state index contributed by atoms with van der Waals surface area (Å²) in [7, 11) is 0. The van der Waals surface area contributed by atoms with Crippen molar-refractivity contribution in [1.29, 1.82) is 0 Å². The standard InChI is InChI=1S/C15H18N4O/c1-3-17-14-9-12(6-8-18-14)15(20)19-11(2)13-5-4-7-16-10-13/h4-11H,3H2,1-2H3,(H,17,18)(H,19,20). The van der Waals surface area contributed by atoms with Crippen LogP contribution in [0.3, 0.4) is 0 Å². The molecule has 2 N–H and O–H groups in total. The van der Waals surface area contributed by atoms with Gasteiger partial charge in [0, 0.05) is 30.7 Å². The van der Waals surface area contributed by atoms with Crippen LogP contribution in [0.25, 0.3) is 0 Å². The Morgan fingerprint density at radius 1 is 1.35 bits per heavy atom. The Labute approximate surface area is 118 Å². The number of rotatable bonds is 5. The van der Waals surface area contributed by atoms with Gasteiger partial charge in [0.05, 0.1) is 6.04 Å². The largest absolute Gasteiger partial charge is 0.370 e. The maximum atomic E-state index is 12.2. The SMILES string of the molecule is CCNc1cc(C(=O)NC(C)c2cccnc2)ccn1. The molecule has 0 aliphatic heterocycles. The van der Waals surface area contributed by atoms with Crippen molar-refractivity contribution in [2.24, 2.45) is 0 Å². The van der Waals surface area contributed by atoms with Gasteiger partial charge in [0.15, 0.2) is 0 Å². The van der Waals surface area contributed by atoms with E-state index in [-0.39, 0.29) is 11.9 Å². The average Bonchev–Trinajstić information content (AvgIpc) is 2.48. The molecular formula is C15H18N4O. The fourth-order valence-corrected chi connectivity index (χ4v) is 1.84. The molecule has 2 heterocycles. The second kappa shape index (κ2) is 6.65. The number of pyridine rings is 2. The third-order valence-electron chi connectivity index (χ3n) is 2.91. The third-order valence-corrected chi connectivity index (χ3v) is 2.91. The first-order valence-electron chi connectivity index (χ1n) is 6.61. The molecule has 1 atom stereocenters. The fraction of sp³-hybridized carbons (Fsp3) is 0.267. The molecule has 2 rings (SSSR count). The van der Waals surface area contributed by atoms with Crippen LogP contribution < -0.4 is 10.6 Å². The molecule has 1 unspecified atom stereocenters. The zero-order valence-electron chi connectivity index (χ0n) is 11.6. The van der Waals surface area contributed by atoms with Gasteiger partial charge in [0.2, 0.25) is 0 Å². The van der Waals surface area contributed by atoms with Gasteiger partial charge in [0.1, 0.15) is 5.82 Å². The highest BCUT2D eigenvalue weighted by Gasteiger charge is 2.12. The number of anilines is 1. The number of nitrogens with one attached hydrogen (secondary N) is 2. The summed E-state index contributed by atoms with van der Waals surface area (Å²) in [5, 5.41) is 6.03. The second-order valence-electron chi connectivity index (χ2n) is 4.44. The first-order chi connectivity index (χ1) is 9.70. The number of aromatic nitrogens is 2. The highest BCUT2D eigenvalue weighted by atomic mass is 16.1. The van der Waals surface area contributed by atoms with Gasteiger partial charge in [-0.15, -0.1) is 0 Å². The average molecular weight is 270 g/mol. The molecule has 104 valence electrons. The Balaban J connectivity index is 2.06. The van der Waals surface area contributed by atoms with Gasteiger partial charge < -0.3 is 10.6 Å². The number of amides is 1. The van der Waals surface area contributed by atoms with E-state index in [1.54, 1.807) is 30.7 Å². The van der Waals surface area contributed by atoms with Crippen molar-refractivity contribution < 1.29 is 4.79 Å². The lowest BCUT2D eigenvalue weighted by molar-refractivity contribution is 0.0940. The molecule has 20 heavy (non-hydrogen) atoms. The second-order valence-corrected chi connectivity index (χ2v) is 4.44. The van der Waals surface area contributed by atoms with Gasteiger partial charge >= 0.3 is 0 Å². The van der Waals surface area contributed by atoms with Crippen molar-refractivity contribution >= 4 is 11.7 Å². The van der Waals surface area contributed by atoms with Crippen molar-refractivity contribution in [2.75, 3.05) is 11.9 Å². The molecule has 0 spiro atoms. The van der Waals surface area contributed by atoms with Crippen molar-refractivity contribution in [3.05, 3.63) is 54.0 Å². The lowest BCUT2D eigenvalue weighted by Gasteiger charge is -2.14. The Hall–Kier alpha value is -2.43. The normalized spacial score (nSPS) is 11.7. The van der Waals surface area contributed by atoms with Crippen LogP contribution in [-0.4, -0.2) is 22.4 Å². The topological polar surface area (TPSA) is 66.9 Å². The summed E-state index contributed by atoms with van der Waals surface area (Å²) in [5.41, 5.74) is 1.56. The molecule has 5 nitrogen and oxygen atoms in total. The quantitative estimate of drug-likeness (QED) is 0.875. The van der Waals surface area contributed by atoms with Gasteiger partial charge in [-0.2, -0.15) is 0 Å². The minimum atomic E-state index is -0.122. The van der Waals surface area contributed by atoms with Gasteiger partial charge in [-0.25, -0.2) is 4.98 Å². The van der Waals surface area contributed by atoms with E-state index in [1.807, 2.05) is 26.0 Å². The molecule has 0 saturated heterocycles. The van der Waals surface area contributed by atoms with Crippen LogP contribution in [0.15, 0.2) is 42.9 Å². The molecule has 0 aliphatic carbocycles. The molecule has 5 heteroatoms. The van der Waals surface area contributed by atoms with Crippen molar-refractivity contribution in [1.82, 2.24) is 15.3 Å². The molecule has 2 aromatic heterocycles. The molecule has 0 saturated carbocycles. The van der Waals surface area contributed by atoms with E-state index >= 15 is 0 Å². The number of carbonyl (C=O) groups is 1. The predicted octanol–water partition coefficient (Wildman–Crippen LogP) is 2.40. The summed E-state index contributed by atoms with van der Waals surface area (Å²) < 4.78 is 0. The first-order valence-corrected chi connectivity index (χ1v) is 6.61. The molecule has 2 aromatic rings. The Morgan fingerprint density at radius 3 is 2.90 bits per heavy atom. The number of nitrogens with zero attached hydrogens (tertiary/aromatic N) is 2. The summed E-state index contributed by atoms with van der Waals surface area (Å²) in [6.45, 7) is 4.68. The molecular weight excluding hydrogens is 252 g/mol. The molecule has 0 bridgehead atoms. The zero-order chi connectivity index (χ0) is 14.4. The number of hydrogen-bond acceptors (Lipinski definition) is 4. The van der Waals surface area contributed by atoms with E-state index in [0.717, 1.165) is 12.1 Å². The van der Waals surface area contributed by atoms with E-state index < -0.39 is 0 Å². The highest BCUT2D eigenvalue weighted by Crippen LogP contribution is 2.12. The van der Waals surface area contributed by atoms with Crippen molar-refractivity contribution in [2.45, 2.75) is 19.9 Å². The van der Waals surface area contributed by atoms with Gasteiger partial charge in [-0.1, -0.05) is 6.07 Å². The molecule has 0 aromatic carbocycles. The predicted molar refractivity (Wildman–Crippen MR) is 78.5 cm³/mol.